The summed E-state index contributed by atoms with van der Waals surface area (Å²) in [7, 11) is 0. The molecule has 1 amide bonds. The summed E-state index contributed by atoms with van der Waals surface area (Å²) < 4.78 is 0. The monoisotopic (exact) mass is 582 g/mol. The normalized spacial score (nSPS) is 14.0. The van der Waals surface area contributed by atoms with Gasteiger partial charge in [-0.05, 0) is 19.3 Å². The first kappa shape index (κ1) is 40.1. The zero-order valence-corrected chi connectivity index (χ0v) is 27.4. The Hall–Kier alpha value is -0.910. The Balaban J connectivity index is 3.72. The quantitative estimate of drug-likeness (QED) is 0.0471. The zero-order chi connectivity index (χ0) is 30.2. The van der Waals surface area contributed by atoms with Crippen LogP contribution >= 0.6 is 0 Å². The molecule has 0 aliphatic carbocycles. The Morgan fingerprint density at radius 1 is 0.585 bits per heavy atom. The fourth-order valence-corrected chi connectivity index (χ4v) is 5.48. The third kappa shape index (κ3) is 27.7. The van der Waals surface area contributed by atoms with Gasteiger partial charge in [0, 0.05) is 0 Å². The summed E-state index contributed by atoms with van der Waals surface area (Å²) in [6.07, 6.45) is 35.1. The number of unbranched alkanes of at least 4 members (excludes halogenated alkanes) is 24. The topological polar surface area (TPSA) is 89.8 Å². The Kier molecular flexibility index (Phi) is 31.3. The van der Waals surface area contributed by atoms with Crippen LogP contribution in [0.15, 0.2) is 12.2 Å². The highest BCUT2D eigenvalue weighted by Crippen LogP contribution is 2.15. The summed E-state index contributed by atoms with van der Waals surface area (Å²) in [4.78, 5) is 12.3. The second-order valence-electron chi connectivity index (χ2n) is 12.4. The maximum atomic E-state index is 12.3. The summed E-state index contributed by atoms with van der Waals surface area (Å²) in [5, 5.41) is 32.9. The number of nitrogens with one attached hydrogen (secondary N) is 1. The lowest BCUT2D eigenvalue weighted by molar-refractivity contribution is -0.131. The molecule has 3 unspecified atom stereocenters. The van der Waals surface area contributed by atoms with Gasteiger partial charge in [0.25, 0.3) is 0 Å². The average Bonchev–Trinajstić information content (AvgIpc) is 2.98. The lowest BCUT2D eigenvalue weighted by Crippen LogP contribution is -2.48. The average molecular weight is 582 g/mol. The number of carbonyl (C=O) groups is 1. The standard InChI is InChI=1S/C36H71NO4/c1-3-5-7-9-11-13-15-16-17-18-19-20-21-23-24-26-28-30-34(39)33(32-38)37-36(41)35(40)31-29-27-25-22-14-12-10-8-6-4-2/h28,30,33-35,38-40H,3-27,29,31-32H2,1-2H3,(H,37,41)/b30-28+. The third-order valence-electron chi connectivity index (χ3n) is 8.38. The second-order valence-corrected chi connectivity index (χ2v) is 12.4. The Morgan fingerprint density at radius 2 is 0.951 bits per heavy atom. The van der Waals surface area contributed by atoms with E-state index in [1.165, 1.54) is 135 Å². The Bertz CT molecular complexity index is 568. The molecule has 4 N–H and O–H groups in total. The molecule has 0 saturated heterocycles. The summed E-state index contributed by atoms with van der Waals surface area (Å²) in [5.41, 5.74) is 0. The van der Waals surface area contributed by atoms with E-state index in [2.05, 4.69) is 19.2 Å². The first-order chi connectivity index (χ1) is 20.1. The van der Waals surface area contributed by atoms with E-state index >= 15 is 0 Å². The number of hydrogen-bond acceptors (Lipinski definition) is 4. The molecule has 0 fully saturated rings. The summed E-state index contributed by atoms with van der Waals surface area (Å²) in [5.74, 6) is -0.505. The highest BCUT2D eigenvalue weighted by Gasteiger charge is 2.22. The van der Waals surface area contributed by atoms with Gasteiger partial charge in [0.05, 0.1) is 18.8 Å². The van der Waals surface area contributed by atoms with Crippen LogP contribution in [0.3, 0.4) is 0 Å². The van der Waals surface area contributed by atoms with Crippen LogP contribution in [0, 0.1) is 0 Å². The van der Waals surface area contributed by atoms with Crippen LogP contribution in [-0.4, -0.2) is 46.1 Å². The molecule has 0 aromatic rings. The first-order valence-electron chi connectivity index (χ1n) is 18.0. The molecule has 41 heavy (non-hydrogen) atoms. The van der Waals surface area contributed by atoms with Crippen LogP contribution in [0.2, 0.25) is 0 Å². The van der Waals surface area contributed by atoms with Gasteiger partial charge in [-0.3, -0.25) is 4.79 Å². The largest absolute Gasteiger partial charge is 0.394 e. The van der Waals surface area contributed by atoms with Crippen molar-refractivity contribution in [3.05, 3.63) is 12.2 Å². The molecule has 0 aromatic heterocycles. The van der Waals surface area contributed by atoms with Crippen molar-refractivity contribution in [2.75, 3.05) is 6.61 Å². The molecular weight excluding hydrogens is 510 g/mol. The van der Waals surface area contributed by atoms with Crippen LogP contribution in [0.4, 0.5) is 0 Å². The minimum absolute atomic E-state index is 0.360. The SMILES string of the molecule is CCCCCCCCCCCCCCCCC/C=C/C(O)C(CO)NC(=O)C(O)CCCCCCCCCCCC. The molecule has 0 saturated carbocycles. The van der Waals surface area contributed by atoms with E-state index in [-0.39, 0.29) is 6.61 Å². The fraction of sp³-hybridized carbons (Fsp3) is 0.917. The van der Waals surface area contributed by atoms with Crippen molar-refractivity contribution in [3.63, 3.8) is 0 Å². The van der Waals surface area contributed by atoms with E-state index in [0.29, 0.717) is 6.42 Å². The number of hydrogen-bond donors (Lipinski definition) is 4. The van der Waals surface area contributed by atoms with Gasteiger partial charge < -0.3 is 20.6 Å². The Labute approximate surface area is 255 Å². The van der Waals surface area contributed by atoms with Crippen molar-refractivity contribution < 1.29 is 20.1 Å². The molecule has 5 heteroatoms. The predicted molar refractivity (Wildman–Crippen MR) is 176 cm³/mol. The molecule has 0 heterocycles. The van der Waals surface area contributed by atoms with Gasteiger partial charge in [0.2, 0.25) is 5.91 Å². The number of amides is 1. The molecule has 5 nitrogen and oxygen atoms in total. The van der Waals surface area contributed by atoms with E-state index < -0.39 is 24.2 Å². The number of aliphatic hydroxyl groups excluding tert-OH is 3. The predicted octanol–water partition coefficient (Wildman–Crippen LogP) is 9.31. The lowest BCUT2D eigenvalue weighted by Gasteiger charge is -2.21. The van der Waals surface area contributed by atoms with Crippen molar-refractivity contribution in [1.29, 1.82) is 0 Å². The maximum Gasteiger partial charge on any atom is 0.249 e. The fourth-order valence-electron chi connectivity index (χ4n) is 5.48. The molecule has 0 aliphatic heterocycles. The summed E-state index contributed by atoms with van der Waals surface area (Å²) in [6.45, 7) is 4.15. The van der Waals surface area contributed by atoms with Crippen molar-refractivity contribution >= 4 is 5.91 Å². The molecule has 0 bridgehead atoms. The number of carbonyl (C=O) groups excluding carboxylic acids is 1. The molecule has 3 atom stereocenters. The van der Waals surface area contributed by atoms with Crippen LogP contribution < -0.4 is 5.32 Å². The van der Waals surface area contributed by atoms with Gasteiger partial charge in [0.15, 0.2) is 0 Å². The van der Waals surface area contributed by atoms with Gasteiger partial charge in [-0.1, -0.05) is 180 Å². The van der Waals surface area contributed by atoms with E-state index in [1.54, 1.807) is 6.08 Å². The Morgan fingerprint density at radius 3 is 1.34 bits per heavy atom. The minimum atomic E-state index is -1.09. The van der Waals surface area contributed by atoms with Crippen LogP contribution in [-0.2, 0) is 4.79 Å². The molecule has 0 rings (SSSR count). The van der Waals surface area contributed by atoms with Crippen molar-refractivity contribution in [3.8, 4) is 0 Å². The molecule has 0 aliphatic rings. The van der Waals surface area contributed by atoms with Crippen molar-refractivity contribution in [1.82, 2.24) is 5.32 Å². The number of rotatable bonds is 32. The van der Waals surface area contributed by atoms with Crippen molar-refractivity contribution in [2.45, 2.75) is 205 Å². The van der Waals surface area contributed by atoms with E-state index in [9.17, 15) is 20.1 Å². The number of aliphatic hydroxyl groups is 3. The van der Waals surface area contributed by atoms with E-state index in [0.717, 1.165) is 32.1 Å². The smallest absolute Gasteiger partial charge is 0.249 e. The zero-order valence-electron chi connectivity index (χ0n) is 27.4. The van der Waals surface area contributed by atoms with Gasteiger partial charge in [-0.2, -0.15) is 0 Å². The van der Waals surface area contributed by atoms with Crippen LogP contribution in [0.1, 0.15) is 187 Å². The van der Waals surface area contributed by atoms with Crippen molar-refractivity contribution in [2.24, 2.45) is 0 Å². The summed E-state index contributed by atoms with van der Waals surface area (Å²) >= 11 is 0. The first-order valence-corrected chi connectivity index (χ1v) is 18.0. The molecule has 0 radical (unpaired) electrons. The van der Waals surface area contributed by atoms with Crippen LogP contribution in [0.25, 0.3) is 0 Å². The van der Waals surface area contributed by atoms with E-state index in [1.807, 2.05) is 6.08 Å². The van der Waals surface area contributed by atoms with E-state index in [4.69, 9.17) is 0 Å². The number of allylic oxidation sites excluding steroid dienone is 1. The van der Waals surface area contributed by atoms with Gasteiger partial charge >= 0.3 is 0 Å². The minimum Gasteiger partial charge on any atom is -0.394 e. The lowest BCUT2D eigenvalue weighted by atomic mass is 10.0. The highest BCUT2D eigenvalue weighted by molar-refractivity contribution is 5.80. The van der Waals surface area contributed by atoms with Crippen LogP contribution in [0.5, 0.6) is 0 Å². The maximum absolute atomic E-state index is 12.3. The van der Waals surface area contributed by atoms with Gasteiger partial charge in [-0.15, -0.1) is 0 Å². The third-order valence-corrected chi connectivity index (χ3v) is 8.38. The summed E-state index contributed by atoms with van der Waals surface area (Å²) in [6, 6.07) is -0.790. The second kappa shape index (κ2) is 32.0. The highest BCUT2D eigenvalue weighted by atomic mass is 16.3. The molecular formula is C36H71NO4. The molecule has 244 valence electrons. The molecule has 0 aromatic carbocycles. The van der Waals surface area contributed by atoms with Gasteiger partial charge in [0.1, 0.15) is 6.10 Å². The van der Waals surface area contributed by atoms with Gasteiger partial charge in [-0.25, -0.2) is 0 Å². The molecule has 0 spiro atoms.